The molecule has 0 N–H and O–H groups in total. The molecule has 0 spiro atoms. The molecule has 0 aromatic heterocycles. The summed E-state index contributed by atoms with van der Waals surface area (Å²) in [6.45, 7) is 14.4. The topological polar surface area (TPSA) is 6.48 Å². The van der Waals surface area contributed by atoms with Crippen LogP contribution in [0.4, 0.5) is 5.69 Å². The third kappa shape index (κ3) is 2.78. The number of benzene rings is 1. The Hall–Kier alpha value is -1.44. The van der Waals surface area contributed by atoms with E-state index in [1.165, 1.54) is 22.4 Å². The second-order valence-electron chi connectivity index (χ2n) is 6.16. The maximum atomic E-state index is 2.42. The fraction of sp³-hybridized carbons (Fsp3) is 0.529. The molecule has 1 aromatic rings. The van der Waals surface area contributed by atoms with Crippen molar-refractivity contribution in [3.8, 4) is 0 Å². The first kappa shape index (κ1) is 14.0. The Morgan fingerprint density at radius 3 is 2.05 bits per heavy atom. The summed E-state index contributed by atoms with van der Waals surface area (Å²) in [6.07, 6.45) is 4.44. The van der Waals surface area contributed by atoms with Crippen molar-refractivity contribution in [2.45, 2.75) is 47.6 Å². The maximum Gasteiger partial charge on any atom is 0.0944 e. The quantitative estimate of drug-likeness (QED) is 0.801. The van der Waals surface area contributed by atoms with E-state index >= 15 is 0 Å². The molecular weight excluding hydrogens is 232 g/mol. The van der Waals surface area contributed by atoms with Crippen LogP contribution in [0.15, 0.2) is 24.5 Å². The lowest BCUT2D eigenvalue weighted by molar-refractivity contribution is 0.254. The Kier molecular flexibility index (Phi) is 3.88. The number of rotatable bonds is 3. The van der Waals surface area contributed by atoms with Gasteiger partial charge in [-0.1, -0.05) is 31.5 Å². The molecule has 104 valence electrons. The van der Waals surface area contributed by atoms with Crippen molar-refractivity contribution < 1.29 is 0 Å². The van der Waals surface area contributed by atoms with Crippen molar-refractivity contribution in [2.75, 3.05) is 11.6 Å². The highest BCUT2D eigenvalue weighted by atomic mass is 15.4. The average molecular weight is 258 g/mol. The normalized spacial score (nSPS) is 16.6. The molecule has 19 heavy (non-hydrogen) atoms. The van der Waals surface area contributed by atoms with E-state index in [9.17, 15) is 0 Å². The number of aryl methyl sites for hydroxylation is 3. The van der Waals surface area contributed by atoms with Gasteiger partial charge in [-0.15, -0.1) is 0 Å². The molecule has 2 nitrogen and oxygen atoms in total. The molecule has 0 saturated carbocycles. The van der Waals surface area contributed by atoms with E-state index in [-0.39, 0.29) is 0 Å². The minimum atomic E-state index is 0.576. The molecule has 1 unspecified atom stereocenters. The molecule has 1 heterocycles. The van der Waals surface area contributed by atoms with Gasteiger partial charge in [-0.3, -0.25) is 0 Å². The Bertz CT molecular complexity index is 465. The first-order valence-electron chi connectivity index (χ1n) is 7.18. The van der Waals surface area contributed by atoms with Crippen LogP contribution in [0.2, 0.25) is 0 Å². The van der Waals surface area contributed by atoms with Gasteiger partial charge < -0.3 is 9.80 Å². The predicted molar refractivity (Wildman–Crippen MR) is 83.3 cm³/mol. The van der Waals surface area contributed by atoms with E-state index in [2.05, 4.69) is 75.9 Å². The van der Waals surface area contributed by atoms with Crippen molar-refractivity contribution in [1.82, 2.24) is 4.90 Å². The Labute approximate surface area is 117 Å². The van der Waals surface area contributed by atoms with Crippen LogP contribution in [-0.2, 0) is 0 Å². The third-order valence-corrected chi connectivity index (χ3v) is 4.16. The van der Waals surface area contributed by atoms with Gasteiger partial charge in [0.2, 0.25) is 0 Å². The van der Waals surface area contributed by atoms with Gasteiger partial charge in [-0.2, -0.15) is 0 Å². The first-order valence-corrected chi connectivity index (χ1v) is 7.18. The van der Waals surface area contributed by atoms with Crippen LogP contribution < -0.4 is 4.90 Å². The smallest absolute Gasteiger partial charge is 0.0944 e. The summed E-state index contributed by atoms with van der Waals surface area (Å²) in [4.78, 5) is 4.78. The molecule has 0 bridgehead atoms. The largest absolute Gasteiger partial charge is 0.355 e. The zero-order valence-electron chi connectivity index (χ0n) is 13.1. The lowest BCUT2D eigenvalue weighted by atomic mass is 10.0. The van der Waals surface area contributed by atoms with Crippen LogP contribution >= 0.6 is 0 Å². The molecule has 1 aliphatic rings. The van der Waals surface area contributed by atoms with Gasteiger partial charge in [-0.05, 0) is 44.7 Å². The van der Waals surface area contributed by atoms with Gasteiger partial charge in [0.05, 0.1) is 6.67 Å². The monoisotopic (exact) mass is 258 g/mol. The SMILES string of the molecule is Cc1cc(C)c(N2C=CN(C(C)C(C)C)C2)c(C)c1. The highest BCUT2D eigenvalue weighted by Crippen LogP contribution is 2.29. The summed E-state index contributed by atoms with van der Waals surface area (Å²) in [7, 11) is 0. The second-order valence-corrected chi connectivity index (χ2v) is 6.16. The summed E-state index contributed by atoms with van der Waals surface area (Å²) in [5.74, 6) is 0.671. The van der Waals surface area contributed by atoms with Gasteiger partial charge >= 0.3 is 0 Å². The molecule has 0 fully saturated rings. The second kappa shape index (κ2) is 5.28. The molecule has 2 heteroatoms. The van der Waals surface area contributed by atoms with E-state index < -0.39 is 0 Å². The van der Waals surface area contributed by atoms with Crippen LogP contribution in [0.3, 0.4) is 0 Å². The van der Waals surface area contributed by atoms with Gasteiger partial charge in [0.25, 0.3) is 0 Å². The average Bonchev–Trinajstić information content (AvgIpc) is 2.75. The summed E-state index contributed by atoms with van der Waals surface area (Å²) in [5.41, 5.74) is 5.43. The fourth-order valence-corrected chi connectivity index (χ4v) is 2.85. The summed E-state index contributed by atoms with van der Waals surface area (Å²) in [6, 6.07) is 5.11. The highest BCUT2D eigenvalue weighted by Gasteiger charge is 2.22. The summed E-state index contributed by atoms with van der Waals surface area (Å²) in [5, 5.41) is 0. The minimum Gasteiger partial charge on any atom is -0.355 e. The van der Waals surface area contributed by atoms with Crippen molar-refractivity contribution in [1.29, 1.82) is 0 Å². The lowest BCUT2D eigenvalue weighted by Crippen LogP contribution is -2.35. The molecule has 1 aliphatic heterocycles. The van der Waals surface area contributed by atoms with Crippen molar-refractivity contribution >= 4 is 5.69 Å². The van der Waals surface area contributed by atoms with Gasteiger partial charge in [0, 0.05) is 24.1 Å². The molecule has 2 rings (SSSR count). The van der Waals surface area contributed by atoms with E-state index in [0.717, 1.165) is 6.67 Å². The highest BCUT2D eigenvalue weighted by molar-refractivity contribution is 5.62. The van der Waals surface area contributed by atoms with Gasteiger partial charge in [0.15, 0.2) is 0 Å². The maximum absolute atomic E-state index is 2.42. The minimum absolute atomic E-state index is 0.576. The van der Waals surface area contributed by atoms with E-state index in [0.29, 0.717) is 12.0 Å². The molecule has 1 atom stereocenters. The molecular formula is C17H26N2. The van der Waals surface area contributed by atoms with Crippen LogP contribution in [0.1, 0.15) is 37.5 Å². The summed E-state index contributed by atoms with van der Waals surface area (Å²) < 4.78 is 0. The zero-order chi connectivity index (χ0) is 14.2. The standard InChI is InChI=1S/C17H26N2/c1-12(2)16(6)18-7-8-19(11-18)17-14(4)9-13(3)10-15(17)5/h7-10,12,16H,11H2,1-6H3. The Morgan fingerprint density at radius 2 is 1.53 bits per heavy atom. The van der Waals surface area contributed by atoms with Crippen molar-refractivity contribution in [2.24, 2.45) is 5.92 Å². The Balaban J connectivity index is 2.21. The van der Waals surface area contributed by atoms with E-state index in [4.69, 9.17) is 0 Å². The Morgan fingerprint density at radius 1 is 0.947 bits per heavy atom. The third-order valence-electron chi connectivity index (χ3n) is 4.16. The van der Waals surface area contributed by atoms with Crippen LogP contribution in [0.5, 0.6) is 0 Å². The van der Waals surface area contributed by atoms with E-state index in [1.807, 2.05) is 0 Å². The van der Waals surface area contributed by atoms with Crippen LogP contribution in [0.25, 0.3) is 0 Å². The van der Waals surface area contributed by atoms with Gasteiger partial charge in [0.1, 0.15) is 0 Å². The van der Waals surface area contributed by atoms with Crippen molar-refractivity contribution in [3.63, 3.8) is 0 Å². The molecule has 0 saturated heterocycles. The van der Waals surface area contributed by atoms with Crippen molar-refractivity contribution in [3.05, 3.63) is 41.2 Å². The molecule has 1 aromatic carbocycles. The zero-order valence-corrected chi connectivity index (χ0v) is 13.1. The van der Waals surface area contributed by atoms with Crippen LogP contribution in [0, 0.1) is 26.7 Å². The predicted octanol–water partition coefficient (Wildman–Crippen LogP) is 4.21. The first-order chi connectivity index (χ1) is 8.90. The number of hydrogen-bond acceptors (Lipinski definition) is 2. The fourth-order valence-electron chi connectivity index (χ4n) is 2.85. The lowest BCUT2D eigenvalue weighted by Gasteiger charge is -2.30. The van der Waals surface area contributed by atoms with E-state index in [1.54, 1.807) is 0 Å². The summed E-state index contributed by atoms with van der Waals surface area (Å²) >= 11 is 0. The number of hydrogen-bond donors (Lipinski definition) is 0. The number of nitrogens with zero attached hydrogens (tertiary/aromatic N) is 2. The molecule has 0 radical (unpaired) electrons. The van der Waals surface area contributed by atoms with Gasteiger partial charge in [-0.25, -0.2) is 0 Å². The molecule has 0 aliphatic carbocycles. The molecule has 0 amide bonds. The number of anilines is 1. The van der Waals surface area contributed by atoms with Crippen LogP contribution in [-0.4, -0.2) is 17.6 Å².